The second kappa shape index (κ2) is 9.96. The Bertz CT molecular complexity index is 786. The molecule has 0 aliphatic rings. The lowest BCUT2D eigenvalue weighted by Crippen LogP contribution is -2.41. The van der Waals surface area contributed by atoms with Gasteiger partial charge in [0.05, 0.1) is 6.61 Å². The van der Waals surface area contributed by atoms with Crippen molar-refractivity contribution in [3.05, 3.63) is 59.7 Å². The molecule has 3 N–H and O–H groups in total. The summed E-state index contributed by atoms with van der Waals surface area (Å²) < 4.78 is 5.54. The fraction of sp³-hybridized carbons (Fsp3) is 0.250. The van der Waals surface area contributed by atoms with Crippen LogP contribution in [0.5, 0.6) is 5.75 Å². The normalized spacial score (nSPS) is 10.0. The number of hydrogen-bond donors (Lipinski definition) is 3. The van der Waals surface area contributed by atoms with Gasteiger partial charge in [-0.3, -0.25) is 25.2 Å². The minimum Gasteiger partial charge on any atom is -0.494 e. The van der Waals surface area contributed by atoms with E-state index in [0.717, 1.165) is 12.8 Å². The highest BCUT2D eigenvalue weighted by atomic mass is 16.5. The third-order valence-electron chi connectivity index (χ3n) is 3.64. The third kappa shape index (κ3) is 6.47. The number of benzene rings is 2. The molecule has 0 saturated heterocycles. The average Bonchev–Trinajstić information content (AvgIpc) is 2.66. The second-order valence-corrected chi connectivity index (χ2v) is 5.89. The Morgan fingerprint density at radius 3 is 1.85 bits per heavy atom. The van der Waals surface area contributed by atoms with Crippen molar-refractivity contribution < 1.29 is 19.1 Å². The molecule has 142 valence electrons. The Hall–Kier alpha value is -3.35. The molecule has 2 aromatic carbocycles. The number of rotatable bonds is 7. The quantitative estimate of drug-likeness (QED) is 0.516. The summed E-state index contributed by atoms with van der Waals surface area (Å²) in [6.45, 7) is 4.13. The summed E-state index contributed by atoms with van der Waals surface area (Å²) in [6, 6.07) is 13.0. The van der Waals surface area contributed by atoms with Gasteiger partial charge in [-0.1, -0.05) is 13.3 Å². The van der Waals surface area contributed by atoms with Gasteiger partial charge < -0.3 is 10.1 Å². The maximum absolute atomic E-state index is 12.1. The highest BCUT2D eigenvalue weighted by Gasteiger charge is 2.09. The number of anilines is 1. The van der Waals surface area contributed by atoms with Crippen molar-refractivity contribution in [1.29, 1.82) is 0 Å². The summed E-state index contributed by atoms with van der Waals surface area (Å²) in [5.74, 6) is -0.389. The molecule has 2 aromatic rings. The largest absolute Gasteiger partial charge is 0.494 e. The van der Waals surface area contributed by atoms with Crippen molar-refractivity contribution in [2.24, 2.45) is 0 Å². The Morgan fingerprint density at radius 2 is 1.37 bits per heavy atom. The fourth-order valence-corrected chi connectivity index (χ4v) is 2.20. The fourth-order valence-electron chi connectivity index (χ4n) is 2.20. The number of carbonyl (C=O) groups excluding carboxylic acids is 3. The van der Waals surface area contributed by atoms with E-state index in [2.05, 4.69) is 23.1 Å². The maximum atomic E-state index is 12.1. The van der Waals surface area contributed by atoms with Crippen LogP contribution in [0, 0.1) is 0 Å². The summed E-state index contributed by atoms with van der Waals surface area (Å²) in [5.41, 5.74) is 6.06. The van der Waals surface area contributed by atoms with Gasteiger partial charge in [0.25, 0.3) is 11.8 Å². The third-order valence-corrected chi connectivity index (χ3v) is 3.64. The molecule has 0 bridgehead atoms. The number of unbranched alkanes of at least 4 members (excludes halogenated alkanes) is 1. The van der Waals surface area contributed by atoms with Crippen molar-refractivity contribution in [3.8, 4) is 5.75 Å². The topological polar surface area (TPSA) is 96.5 Å². The van der Waals surface area contributed by atoms with Crippen molar-refractivity contribution in [3.63, 3.8) is 0 Å². The minimum atomic E-state index is -0.461. The minimum absolute atomic E-state index is 0.193. The first-order valence-corrected chi connectivity index (χ1v) is 8.71. The summed E-state index contributed by atoms with van der Waals surface area (Å²) in [6.07, 6.45) is 2.02. The number of carbonyl (C=O) groups is 3. The molecule has 0 saturated carbocycles. The lowest BCUT2D eigenvalue weighted by molar-refractivity contribution is -0.114. The summed E-state index contributed by atoms with van der Waals surface area (Å²) in [5, 5.41) is 2.61. The molecule has 7 nitrogen and oxygen atoms in total. The van der Waals surface area contributed by atoms with E-state index in [-0.39, 0.29) is 5.91 Å². The first kappa shape index (κ1) is 20.0. The van der Waals surface area contributed by atoms with E-state index in [0.29, 0.717) is 29.2 Å². The number of nitrogens with one attached hydrogen (secondary N) is 3. The highest BCUT2D eigenvalue weighted by molar-refractivity contribution is 5.99. The molecular formula is C20H23N3O4. The van der Waals surface area contributed by atoms with Crippen LogP contribution in [-0.4, -0.2) is 24.3 Å². The smallest absolute Gasteiger partial charge is 0.269 e. The van der Waals surface area contributed by atoms with E-state index in [9.17, 15) is 14.4 Å². The van der Waals surface area contributed by atoms with Crippen molar-refractivity contribution >= 4 is 23.4 Å². The van der Waals surface area contributed by atoms with Crippen LogP contribution in [0.15, 0.2) is 48.5 Å². The highest BCUT2D eigenvalue weighted by Crippen LogP contribution is 2.13. The molecule has 0 unspecified atom stereocenters. The lowest BCUT2D eigenvalue weighted by atomic mass is 10.2. The molecule has 27 heavy (non-hydrogen) atoms. The maximum Gasteiger partial charge on any atom is 0.269 e. The summed E-state index contributed by atoms with van der Waals surface area (Å²) >= 11 is 0. The Morgan fingerprint density at radius 1 is 0.852 bits per heavy atom. The Kier molecular flexibility index (Phi) is 7.37. The van der Waals surface area contributed by atoms with Gasteiger partial charge in [-0.15, -0.1) is 0 Å². The number of hydrazine groups is 1. The predicted molar refractivity (Wildman–Crippen MR) is 103 cm³/mol. The zero-order valence-electron chi connectivity index (χ0n) is 15.4. The number of amides is 3. The molecular weight excluding hydrogens is 346 g/mol. The predicted octanol–water partition coefficient (Wildman–Crippen LogP) is 2.90. The van der Waals surface area contributed by atoms with E-state index in [4.69, 9.17) is 4.74 Å². The van der Waals surface area contributed by atoms with Crippen LogP contribution in [0.3, 0.4) is 0 Å². The van der Waals surface area contributed by atoms with Crippen LogP contribution in [0.25, 0.3) is 0 Å². The molecule has 0 spiro atoms. The second-order valence-electron chi connectivity index (χ2n) is 5.89. The van der Waals surface area contributed by atoms with E-state index >= 15 is 0 Å². The summed E-state index contributed by atoms with van der Waals surface area (Å²) in [4.78, 5) is 35.2. The standard InChI is InChI=1S/C20H23N3O4/c1-3-4-13-27-18-11-7-16(8-12-18)20(26)23-22-19(25)15-5-9-17(10-6-15)21-14(2)24/h5-12H,3-4,13H2,1-2H3,(H,21,24)(H,22,25)(H,23,26). The van der Waals surface area contributed by atoms with Crippen LogP contribution in [0.2, 0.25) is 0 Å². The molecule has 0 aliphatic heterocycles. The first-order valence-electron chi connectivity index (χ1n) is 8.71. The van der Waals surface area contributed by atoms with Crippen LogP contribution >= 0.6 is 0 Å². The van der Waals surface area contributed by atoms with Gasteiger partial charge in [0, 0.05) is 23.7 Å². The van der Waals surface area contributed by atoms with Gasteiger partial charge in [0.15, 0.2) is 0 Å². The van der Waals surface area contributed by atoms with E-state index < -0.39 is 11.8 Å². The van der Waals surface area contributed by atoms with Crippen LogP contribution in [-0.2, 0) is 4.79 Å². The molecule has 0 heterocycles. The van der Waals surface area contributed by atoms with Gasteiger partial charge in [-0.25, -0.2) is 0 Å². The van der Waals surface area contributed by atoms with Gasteiger partial charge in [-0.05, 0) is 55.0 Å². The lowest BCUT2D eigenvalue weighted by Gasteiger charge is -2.09. The molecule has 7 heteroatoms. The molecule has 0 aromatic heterocycles. The first-order chi connectivity index (χ1) is 13.0. The Balaban J connectivity index is 1.85. The number of ether oxygens (including phenoxy) is 1. The zero-order valence-corrected chi connectivity index (χ0v) is 15.4. The van der Waals surface area contributed by atoms with Gasteiger partial charge in [-0.2, -0.15) is 0 Å². The average molecular weight is 369 g/mol. The summed E-state index contributed by atoms with van der Waals surface area (Å²) in [7, 11) is 0. The van der Waals surface area contributed by atoms with Crippen molar-refractivity contribution in [2.75, 3.05) is 11.9 Å². The van der Waals surface area contributed by atoms with Gasteiger partial charge >= 0.3 is 0 Å². The Labute approximate surface area is 158 Å². The van der Waals surface area contributed by atoms with E-state index in [1.807, 2.05) is 0 Å². The molecule has 0 atom stereocenters. The van der Waals surface area contributed by atoms with Gasteiger partial charge in [0.1, 0.15) is 5.75 Å². The molecule has 2 rings (SSSR count). The van der Waals surface area contributed by atoms with Crippen LogP contribution in [0.4, 0.5) is 5.69 Å². The SMILES string of the molecule is CCCCOc1ccc(C(=O)NNC(=O)c2ccc(NC(C)=O)cc2)cc1. The van der Waals surface area contributed by atoms with Gasteiger partial charge in [0.2, 0.25) is 5.91 Å². The zero-order chi connectivity index (χ0) is 19.6. The molecule has 0 aliphatic carbocycles. The van der Waals surface area contributed by atoms with Crippen LogP contribution < -0.4 is 20.9 Å². The molecule has 0 radical (unpaired) electrons. The van der Waals surface area contributed by atoms with E-state index in [1.165, 1.54) is 6.92 Å². The monoisotopic (exact) mass is 369 g/mol. The number of hydrogen-bond acceptors (Lipinski definition) is 4. The van der Waals surface area contributed by atoms with Crippen molar-refractivity contribution in [2.45, 2.75) is 26.7 Å². The molecule has 0 fully saturated rings. The van der Waals surface area contributed by atoms with E-state index in [1.54, 1.807) is 48.5 Å². The van der Waals surface area contributed by atoms with Crippen LogP contribution in [0.1, 0.15) is 47.4 Å². The molecule has 3 amide bonds. The van der Waals surface area contributed by atoms with Crippen molar-refractivity contribution in [1.82, 2.24) is 10.9 Å².